The van der Waals surface area contributed by atoms with Gasteiger partial charge in [0.25, 0.3) is 0 Å². The molecule has 1 aromatic rings. The van der Waals surface area contributed by atoms with E-state index in [1.807, 2.05) is 20.8 Å². The van der Waals surface area contributed by atoms with Gasteiger partial charge in [-0.3, -0.25) is 0 Å². The molecular formula is C17H25FN2O3. The second-order valence-corrected chi connectivity index (χ2v) is 5.92. The van der Waals surface area contributed by atoms with Gasteiger partial charge in [-0.1, -0.05) is 6.92 Å². The first-order valence-corrected chi connectivity index (χ1v) is 8.10. The summed E-state index contributed by atoms with van der Waals surface area (Å²) < 4.78 is 24.7. The van der Waals surface area contributed by atoms with Crippen molar-refractivity contribution in [2.24, 2.45) is 0 Å². The zero-order valence-electron chi connectivity index (χ0n) is 14.0. The van der Waals surface area contributed by atoms with Gasteiger partial charge in [0.2, 0.25) is 0 Å². The minimum Gasteiger partial charge on any atom is -0.494 e. The molecule has 0 saturated carbocycles. The van der Waals surface area contributed by atoms with E-state index in [1.54, 1.807) is 17.0 Å². The summed E-state index contributed by atoms with van der Waals surface area (Å²) >= 11 is 0. The van der Waals surface area contributed by atoms with Gasteiger partial charge < -0.3 is 19.7 Å². The molecule has 1 aromatic carbocycles. The maximum atomic E-state index is 13.9. The number of nitrogens with one attached hydrogen (secondary N) is 1. The van der Waals surface area contributed by atoms with Crippen LogP contribution in [0.3, 0.4) is 0 Å². The summed E-state index contributed by atoms with van der Waals surface area (Å²) in [6.07, 6.45) is 0.464. The SMILES string of the molecule is CCCOc1ccc(F)c(COC(=O)N2C(C)CNCC2C)c1. The predicted octanol–water partition coefficient (Wildman–Crippen LogP) is 2.93. The predicted molar refractivity (Wildman–Crippen MR) is 86.0 cm³/mol. The molecule has 1 saturated heterocycles. The number of hydrogen-bond donors (Lipinski definition) is 1. The van der Waals surface area contributed by atoms with E-state index in [-0.39, 0.29) is 18.7 Å². The lowest BCUT2D eigenvalue weighted by Crippen LogP contribution is -2.57. The molecule has 1 aliphatic rings. The van der Waals surface area contributed by atoms with Crippen molar-refractivity contribution in [3.05, 3.63) is 29.6 Å². The standard InChI is InChI=1S/C17H25FN2O3/c1-4-7-22-15-5-6-16(18)14(8-15)11-23-17(21)20-12(2)9-19-10-13(20)3/h5-6,8,12-13,19H,4,7,9-11H2,1-3H3. The van der Waals surface area contributed by atoms with Gasteiger partial charge in [-0.25, -0.2) is 9.18 Å². The Morgan fingerprint density at radius 3 is 2.70 bits per heavy atom. The molecule has 1 amide bonds. The van der Waals surface area contributed by atoms with Crippen LogP contribution in [0.5, 0.6) is 5.75 Å². The minimum atomic E-state index is -0.411. The van der Waals surface area contributed by atoms with Gasteiger partial charge in [0.15, 0.2) is 0 Å². The second kappa shape index (κ2) is 8.15. The van der Waals surface area contributed by atoms with E-state index in [0.29, 0.717) is 17.9 Å². The fourth-order valence-corrected chi connectivity index (χ4v) is 2.68. The normalized spacial score (nSPS) is 21.1. The van der Waals surface area contributed by atoms with Gasteiger partial charge in [-0.2, -0.15) is 0 Å². The smallest absolute Gasteiger partial charge is 0.410 e. The second-order valence-electron chi connectivity index (χ2n) is 5.92. The molecule has 0 aromatic heterocycles. The highest BCUT2D eigenvalue weighted by Crippen LogP contribution is 2.19. The molecular weight excluding hydrogens is 299 g/mol. The zero-order chi connectivity index (χ0) is 16.8. The van der Waals surface area contributed by atoms with E-state index < -0.39 is 11.9 Å². The van der Waals surface area contributed by atoms with Gasteiger partial charge >= 0.3 is 6.09 Å². The summed E-state index contributed by atoms with van der Waals surface area (Å²) in [5.74, 6) is 0.186. The maximum absolute atomic E-state index is 13.9. The number of ether oxygens (including phenoxy) is 2. The first kappa shape index (κ1) is 17.5. The molecule has 23 heavy (non-hydrogen) atoms. The summed E-state index contributed by atoms with van der Waals surface area (Å²) in [6.45, 7) is 7.86. The number of halogens is 1. The molecule has 2 unspecified atom stereocenters. The van der Waals surface area contributed by atoms with Gasteiger partial charge in [0, 0.05) is 30.7 Å². The lowest BCUT2D eigenvalue weighted by atomic mass is 10.1. The lowest BCUT2D eigenvalue weighted by molar-refractivity contribution is 0.0557. The summed E-state index contributed by atoms with van der Waals surface area (Å²) in [7, 11) is 0. The molecule has 0 spiro atoms. The van der Waals surface area contributed by atoms with Crippen molar-refractivity contribution in [3.63, 3.8) is 0 Å². The van der Waals surface area contributed by atoms with E-state index in [1.165, 1.54) is 6.07 Å². The van der Waals surface area contributed by atoms with Crippen molar-refractivity contribution < 1.29 is 18.7 Å². The zero-order valence-corrected chi connectivity index (χ0v) is 14.0. The number of carbonyl (C=O) groups excluding carboxylic acids is 1. The summed E-state index contributed by atoms with van der Waals surface area (Å²) in [5, 5.41) is 3.25. The van der Waals surface area contributed by atoms with Gasteiger partial charge in [-0.15, -0.1) is 0 Å². The third-order valence-corrected chi connectivity index (χ3v) is 3.88. The molecule has 2 rings (SSSR count). The third kappa shape index (κ3) is 4.58. The van der Waals surface area contributed by atoms with Crippen LogP contribution in [0.15, 0.2) is 18.2 Å². The van der Waals surface area contributed by atoms with Crippen LogP contribution in [0, 0.1) is 5.82 Å². The maximum Gasteiger partial charge on any atom is 0.410 e. The highest BCUT2D eigenvalue weighted by atomic mass is 19.1. The number of benzene rings is 1. The molecule has 1 aliphatic heterocycles. The van der Waals surface area contributed by atoms with Crippen molar-refractivity contribution in [2.45, 2.75) is 45.9 Å². The molecule has 2 atom stereocenters. The van der Waals surface area contributed by atoms with Gasteiger partial charge in [0.1, 0.15) is 18.2 Å². The van der Waals surface area contributed by atoms with Crippen LogP contribution in [-0.2, 0) is 11.3 Å². The summed E-state index contributed by atoms with van der Waals surface area (Å²) in [5.41, 5.74) is 0.322. The Hall–Kier alpha value is -1.82. The largest absolute Gasteiger partial charge is 0.494 e. The van der Waals surface area contributed by atoms with E-state index in [0.717, 1.165) is 19.5 Å². The molecule has 1 N–H and O–H groups in total. The molecule has 1 fully saturated rings. The molecule has 128 valence electrons. The number of amides is 1. The number of carbonyl (C=O) groups is 1. The van der Waals surface area contributed by atoms with E-state index in [9.17, 15) is 9.18 Å². The van der Waals surface area contributed by atoms with Gasteiger partial charge in [-0.05, 0) is 38.5 Å². The van der Waals surface area contributed by atoms with E-state index >= 15 is 0 Å². The van der Waals surface area contributed by atoms with Crippen molar-refractivity contribution >= 4 is 6.09 Å². The Kier molecular flexibility index (Phi) is 6.21. The molecule has 1 heterocycles. The summed E-state index contributed by atoms with van der Waals surface area (Å²) in [4.78, 5) is 14.0. The van der Waals surface area contributed by atoms with Crippen LogP contribution in [-0.4, -0.2) is 42.8 Å². The highest BCUT2D eigenvalue weighted by molar-refractivity contribution is 5.68. The number of piperazine rings is 1. The molecule has 0 aliphatic carbocycles. The van der Waals surface area contributed by atoms with Crippen LogP contribution in [0.1, 0.15) is 32.8 Å². The van der Waals surface area contributed by atoms with Crippen LogP contribution >= 0.6 is 0 Å². The van der Waals surface area contributed by atoms with Crippen LogP contribution in [0.25, 0.3) is 0 Å². The topological polar surface area (TPSA) is 50.8 Å². The van der Waals surface area contributed by atoms with Crippen LogP contribution in [0.2, 0.25) is 0 Å². The third-order valence-electron chi connectivity index (χ3n) is 3.88. The van der Waals surface area contributed by atoms with Crippen LogP contribution in [0.4, 0.5) is 9.18 Å². The average Bonchev–Trinajstić information content (AvgIpc) is 2.52. The van der Waals surface area contributed by atoms with Crippen molar-refractivity contribution in [1.29, 1.82) is 0 Å². The lowest BCUT2D eigenvalue weighted by Gasteiger charge is -2.38. The Balaban J connectivity index is 1.98. The van der Waals surface area contributed by atoms with Crippen LogP contribution < -0.4 is 10.1 Å². The van der Waals surface area contributed by atoms with Crippen molar-refractivity contribution in [1.82, 2.24) is 10.2 Å². The number of rotatable bonds is 5. The quantitative estimate of drug-likeness (QED) is 0.905. The minimum absolute atomic E-state index is 0.0512. The number of nitrogens with zero attached hydrogens (tertiary/aromatic N) is 1. The molecule has 6 heteroatoms. The highest BCUT2D eigenvalue weighted by Gasteiger charge is 2.30. The summed E-state index contributed by atoms with van der Waals surface area (Å²) in [6, 6.07) is 4.61. The van der Waals surface area contributed by atoms with Crippen molar-refractivity contribution in [3.8, 4) is 5.75 Å². The average molecular weight is 324 g/mol. The number of hydrogen-bond acceptors (Lipinski definition) is 4. The van der Waals surface area contributed by atoms with Crippen molar-refractivity contribution in [2.75, 3.05) is 19.7 Å². The van der Waals surface area contributed by atoms with Gasteiger partial charge in [0.05, 0.1) is 6.61 Å². The fourth-order valence-electron chi connectivity index (χ4n) is 2.68. The first-order chi connectivity index (χ1) is 11.0. The first-order valence-electron chi connectivity index (χ1n) is 8.10. The van der Waals surface area contributed by atoms with E-state index in [2.05, 4.69) is 5.32 Å². The molecule has 0 bridgehead atoms. The monoisotopic (exact) mass is 324 g/mol. The van der Waals surface area contributed by atoms with E-state index in [4.69, 9.17) is 9.47 Å². The Morgan fingerprint density at radius 1 is 1.35 bits per heavy atom. The Morgan fingerprint density at radius 2 is 2.04 bits per heavy atom. The molecule has 5 nitrogen and oxygen atoms in total. The molecule has 0 radical (unpaired) electrons. The Bertz CT molecular complexity index is 529. The fraction of sp³-hybridized carbons (Fsp3) is 0.588. The Labute approximate surface area is 136 Å².